The highest BCUT2D eigenvalue weighted by atomic mass is 35.5. The molecule has 0 spiro atoms. The molecule has 0 saturated carbocycles. The number of pyridine rings is 1. The second-order valence-electron chi connectivity index (χ2n) is 6.99. The standard InChI is InChI=1S/C21H18ClFN4O3S3/c1-2-30-19-9-17-14(8-18(19)27-33(28,29)20-5-6-31-32-20)21(12(10-24)11-25-17)26-13-3-4-16(23)15(22)7-13/h3-4,7-9,11,20,27H,2,5-6H2,1H3,(H,25,26). The first kappa shape index (κ1) is 23.8. The molecular formula is C21H18ClFN4O3S3. The molecule has 33 heavy (non-hydrogen) atoms. The van der Waals surface area contributed by atoms with E-state index in [1.807, 2.05) is 0 Å². The highest BCUT2D eigenvalue weighted by Crippen LogP contribution is 2.42. The molecule has 1 saturated heterocycles. The summed E-state index contributed by atoms with van der Waals surface area (Å²) in [6.07, 6.45) is 1.95. The molecule has 0 radical (unpaired) electrons. The maximum absolute atomic E-state index is 13.6. The molecule has 4 rings (SSSR count). The number of halogens is 2. The SMILES string of the molecule is CCOc1cc2ncc(C#N)c(Nc3ccc(F)c(Cl)c3)c2cc1NS(=O)(=O)C1CCSS1. The number of benzene rings is 2. The third-order valence-electron chi connectivity index (χ3n) is 4.79. The van der Waals surface area contributed by atoms with Gasteiger partial charge in [0.25, 0.3) is 0 Å². The molecule has 1 atom stereocenters. The van der Waals surface area contributed by atoms with Crippen molar-refractivity contribution in [1.82, 2.24) is 4.98 Å². The number of aromatic nitrogens is 1. The van der Waals surface area contributed by atoms with Gasteiger partial charge in [0.2, 0.25) is 10.0 Å². The Morgan fingerprint density at radius 2 is 2.18 bits per heavy atom. The summed E-state index contributed by atoms with van der Waals surface area (Å²) in [5, 5.41) is 13.1. The smallest absolute Gasteiger partial charge is 0.246 e. The lowest BCUT2D eigenvalue weighted by Crippen LogP contribution is -2.23. The highest BCUT2D eigenvalue weighted by Gasteiger charge is 2.31. The van der Waals surface area contributed by atoms with E-state index in [9.17, 15) is 18.1 Å². The largest absolute Gasteiger partial charge is 0.492 e. The molecule has 1 unspecified atom stereocenters. The first-order chi connectivity index (χ1) is 15.8. The molecule has 1 aliphatic rings. The van der Waals surface area contributed by atoms with E-state index in [2.05, 4.69) is 21.1 Å². The Hall–Kier alpha value is -2.39. The van der Waals surface area contributed by atoms with Gasteiger partial charge in [-0.15, -0.1) is 0 Å². The molecule has 0 bridgehead atoms. The number of sulfonamides is 1. The second kappa shape index (κ2) is 9.85. The van der Waals surface area contributed by atoms with Crippen molar-refractivity contribution in [1.29, 1.82) is 5.26 Å². The van der Waals surface area contributed by atoms with Crippen molar-refractivity contribution in [3.8, 4) is 11.8 Å². The van der Waals surface area contributed by atoms with E-state index < -0.39 is 20.4 Å². The molecule has 2 aromatic carbocycles. The zero-order valence-electron chi connectivity index (χ0n) is 17.3. The number of anilines is 3. The quantitative estimate of drug-likeness (QED) is 0.368. The number of ether oxygens (including phenoxy) is 1. The van der Waals surface area contributed by atoms with Crippen molar-refractivity contribution in [3.05, 3.63) is 52.9 Å². The van der Waals surface area contributed by atoms with Gasteiger partial charge in [0.05, 0.1) is 34.1 Å². The minimum Gasteiger partial charge on any atom is -0.492 e. The summed E-state index contributed by atoms with van der Waals surface area (Å²) >= 11 is 5.90. The van der Waals surface area contributed by atoms with Crippen LogP contribution in [-0.4, -0.2) is 30.3 Å². The minimum atomic E-state index is -3.67. The summed E-state index contributed by atoms with van der Waals surface area (Å²) < 4.78 is 47.2. The third-order valence-corrected chi connectivity index (χ3v) is 10.5. The van der Waals surface area contributed by atoms with Gasteiger partial charge in [0, 0.05) is 29.1 Å². The van der Waals surface area contributed by atoms with Gasteiger partial charge in [0.1, 0.15) is 22.2 Å². The van der Waals surface area contributed by atoms with E-state index in [1.54, 1.807) is 19.1 Å². The average molecular weight is 525 g/mol. The molecule has 0 amide bonds. The molecular weight excluding hydrogens is 507 g/mol. The van der Waals surface area contributed by atoms with Crippen molar-refractivity contribution in [2.45, 2.75) is 17.9 Å². The predicted molar refractivity (Wildman–Crippen MR) is 133 cm³/mol. The lowest BCUT2D eigenvalue weighted by Gasteiger charge is -2.18. The van der Waals surface area contributed by atoms with Crippen LogP contribution in [0.4, 0.5) is 21.5 Å². The Morgan fingerprint density at radius 3 is 2.85 bits per heavy atom. The Balaban J connectivity index is 1.84. The summed E-state index contributed by atoms with van der Waals surface area (Å²) in [6.45, 7) is 2.12. The molecule has 172 valence electrons. The van der Waals surface area contributed by atoms with E-state index in [4.69, 9.17) is 16.3 Å². The minimum absolute atomic E-state index is 0.0733. The van der Waals surface area contributed by atoms with Crippen LogP contribution in [-0.2, 0) is 10.0 Å². The van der Waals surface area contributed by atoms with Crippen molar-refractivity contribution < 1.29 is 17.5 Å². The summed E-state index contributed by atoms with van der Waals surface area (Å²) in [5.74, 6) is 0.524. The van der Waals surface area contributed by atoms with Crippen molar-refractivity contribution in [2.75, 3.05) is 22.4 Å². The number of nitrogens with zero attached hydrogens (tertiary/aromatic N) is 2. The van der Waals surface area contributed by atoms with Crippen LogP contribution < -0.4 is 14.8 Å². The number of nitrogens with one attached hydrogen (secondary N) is 2. The normalized spacial score (nSPS) is 15.9. The Labute approximate surface area is 203 Å². The zero-order valence-corrected chi connectivity index (χ0v) is 20.5. The van der Waals surface area contributed by atoms with Crippen LogP contribution in [0.15, 0.2) is 36.5 Å². The molecule has 2 heterocycles. The second-order valence-corrected chi connectivity index (χ2v) is 12.3. The van der Waals surface area contributed by atoms with Crippen LogP contribution in [0.1, 0.15) is 18.9 Å². The number of fused-ring (bicyclic) bond motifs is 1. The van der Waals surface area contributed by atoms with Crippen LogP contribution in [0.25, 0.3) is 10.9 Å². The Morgan fingerprint density at radius 1 is 1.36 bits per heavy atom. The summed E-state index contributed by atoms with van der Waals surface area (Å²) in [5.41, 5.74) is 1.81. The number of rotatable bonds is 7. The average Bonchev–Trinajstić information content (AvgIpc) is 3.33. The van der Waals surface area contributed by atoms with Gasteiger partial charge < -0.3 is 10.1 Å². The van der Waals surface area contributed by atoms with Gasteiger partial charge in [-0.25, -0.2) is 12.8 Å². The molecule has 7 nitrogen and oxygen atoms in total. The predicted octanol–water partition coefficient (Wildman–Crippen LogP) is 5.89. The van der Waals surface area contributed by atoms with Gasteiger partial charge in [0.15, 0.2) is 0 Å². The van der Waals surface area contributed by atoms with E-state index in [0.29, 0.717) is 41.1 Å². The van der Waals surface area contributed by atoms with E-state index in [0.717, 1.165) is 5.75 Å². The van der Waals surface area contributed by atoms with E-state index in [1.165, 1.54) is 46.0 Å². The fourth-order valence-corrected chi connectivity index (χ4v) is 8.86. The van der Waals surface area contributed by atoms with Gasteiger partial charge in [-0.1, -0.05) is 33.2 Å². The van der Waals surface area contributed by atoms with Gasteiger partial charge in [-0.05, 0) is 37.6 Å². The van der Waals surface area contributed by atoms with Crippen LogP contribution in [0.5, 0.6) is 5.75 Å². The lowest BCUT2D eigenvalue weighted by molar-refractivity contribution is 0.342. The third kappa shape index (κ3) is 5.09. The lowest BCUT2D eigenvalue weighted by atomic mass is 10.1. The topological polar surface area (TPSA) is 104 Å². The Bertz CT molecular complexity index is 1360. The summed E-state index contributed by atoms with van der Waals surface area (Å²) in [7, 11) is -0.834. The maximum Gasteiger partial charge on any atom is 0.246 e. The summed E-state index contributed by atoms with van der Waals surface area (Å²) in [4.78, 5) is 4.33. The fourth-order valence-electron chi connectivity index (χ4n) is 3.25. The van der Waals surface area contributed by atoms with Crippen molar-refractivity contribution in [2.24, 2.45) is 0 Å². The van der Waals surface area contributed by atoms with Crippen molar-refractivity contribution >= 4 is 71.2 Å². The maximum atomic E-state index is 13.6. The molecule has 2 N–H and O–H groups in total. The molecule has 1 fully saturated rings. The number of hydrogen-bond acceptors (Lipinski definition) is 8. The first-order valence-electron chi connectivity index (χ1n) is 9.84. The monoisotopic (exact) mass is 524 g/mol. The van der Waals surface area contributed by atoms with E-state index in [-0.39, 0.29) is 16.3 Å². The molecule has 3 aromatic rings. The zero-order chi connectivity index (χ0) is 23.6. The van der Waals surface area contributed by atoms with Crippen LogP contribution in [0.2, 0.25) is 5.02 Å². The molecule has 1 aromatic heterocycles. The van der Waals surface area contributed by atoms with Crippen molar-refractivity contribution in [3.63, 3.8) is 0 Å². The van der Waals surface area contributed by atoms with Gasteiger partial charge in [-0.3, -0.25) is 9.71 Å². The molecule has 1 aliphatic heterocycles. The fraction of sp³-hybridized carbons (Fsp3) is 0.238. The molecule has 12 heteroatoms. The molecule has 0 aliphatic carbocycles. The highest BCUT2D eigenvalue weighted by molar-refractivity contribution is 8.78. The van der Waals surface area contributed by atoms with Crippen LogP contribution in [0.3, 0.4) is 0 Å². The van der Waals surface area contributed by atoms with Gasteiger partial charge >= 0.3 is 0 Å². The van der Waals surface area contributed by atoms with Gasteiger partial charge in [-0.2, -0.15) is 5.26 Å². The Kier molecular flexibility index (Phi) is 7.09. The number of hydrogen-bond donors (Lipinski definition) is 2. The van der Waals surface area contributed by atoms with Crippen LogP contribution >= 0.6 is 33.2 Å². The number of nitriles is 1. The van der Waals surface area contributed by atoms with E-state index >= 15 is 0 Å². The summed E-state index contributed by atoms with van der Waals surface area (Å²) in [6, 6.07) is 9.39. The first-order valence-corrected chi connectivity index (χ1v) is 14.1. The van der Waals surface area contributed by atoms with Crippen LogP contribution in [0, 0.1) is 17.1 Å².